The van der Waals surface area contributed by atoms with E-state index >= 15 is 0 Å². The van der Waals surface area contributed by atoms with Gasteiger partial charge in [0.05, 0.1) is 5.69 Å². The first-order valence-electron chi connectivity index (χ1n) is 8.33. The number of hydrogen-bond acceptors (Lipinski definition) is 3. The summed E-state index contributed by atoms with van der Waals surface area (Å²) in [7, 11) is 0. The zero-order valence-corrected chi connectivity index (χ0v) is 13.1. The fourth-order valence-electron chi connectivity index (χ4n) is 3.08. The largest absolute Gasteiger partial charge is 0.478 e. The van der Waals surface area contributed by atoms with Crippen LogP contribution in [0.1, 0.15) is 38.5 Å². The molecule has 1 aromatic carbocycles. The lowest BCUT2D eigenvalue weighted by molar-refractivity contribution is -0.123. The lowest BCUT2D eigenvalue weighted by atomic mass is 9.96. The molecule has 1 aliphatic carbocycles. The summed E-state index contributed by atoms with van der Waals surface area (Å²) in [4.78, 5) is 23.9. The summed E-state index contributed by atoms with van der Waals surface area (Å²) in [5.74, 6) is 0.502. The minimum absolute atomic E-state index is 0.159. The fourth-order valence-corrected chi connectivity index (χ4v) is 3.08. The van der Waals surface area contributed by atoms with Gasteiger partial charge in [-0.15, -0.1) is 0 Å². The van der Waals surface area contributed by atoms with Crippen LogP contribution in [0.3, 0.4) is 0 Å². The Hall–Kier alpha value is -2.24. The second-order valence-electron chi connectivity index (χ2n) is 6.12. The number of nitrogens with one attached hydrogen (secondary N) is 3. The highest BCUT2D eigenvalue weighted by Crippen LogP contribution is 2.29. The maximum Gasteiger partial charge on any atom is 0.315 e. The van der Waals surface area contributed by atoms with Gasteiger partial charge in [0, 0.05) is 19.0 Å². The van der Waals surface area contributed by atoms with Crippen molar-refractivity contribution in [1.82, 2.24) is 10.6 Å². The minimum atomic E-state index is -0.570. The number of benzene rings is 1. The Morgan fingerprint density at radius 3 is 2.83 bits per heavy atom. The van der Waals surface area contributed by atoms with Crippen molar-refractivity contribution in [2.75, 3.05) is 11.9 Å². The number of anilines is 1. The number of amides is 3. The molecule has 2 aliphatic rings. The van der Waals surface area contributed by atoms with Gasteiger partial charge in [-0.1, -0.05) is 31.4 Å². The average Bonchev–Trinajstić information content (AvgIpc) is 2.56. The maximum absolute atomic E-state index is 12.0. The minimum Gasteiger partial charge on any atom is -0.478 e. The van der Waals surface area contributed by atoms with E-state index in [2.05, 4.69) is 16.0 Å². The normalized spacial score (nSPS) is 20.9. The Kier molecular flexibility index (Phi) is 5.00. The Morgan fingerprint density at radius 1 is 1.22 bits per heavy atom. The van der Waals surface area contributed by atoms with Gasteiger partial charge in [0.25, 0.3) is 5.91 Å². The molecule has 1 aromatic rings. The summed E-state index contributed by atoms with van der Waals surface area (Å²) < 4.78 is 5.69. The molecule has 0 spiro atoms. The standard InChI is InChI=1S/C17H23N3O3/c21-16-15(23-14-9-5-4-8-13(14)20-16)10-11-18-17(22)19-12-6-2-1-3-7-12/h4-5,8-9,12,15H,1-3,6-7,10-11H2,(H,20,21)(H2,18,19,22). The Balaban J connectivity index is 1.42. The van der Waals surface area contributed by atoms with Crippen LogP contribution in [-0.4, -0.2) is 30.6 Å². The Bertz CT molecular complexity index is 570. The van der Waals surface area contributed by atoms with Crippen LogP contribution in [0, 0.1) is 0 Å². The molecule has 3 rings (SSSR count). The molecule has 6 heteroatoms. The quantitative estimate of drug-likeness (QED) is 0.798. The van der Waals surface area contributed by atoms with Crippen molar-refractivity contribution in [3.8, 4) is 5.75 Å². The number of rotatable bonds is 4. The molecule has 23 heavy (non-hydrogen) atoms. The van der Waals surface area contributed by atoms with Gasteiger partial charge in [-0.2, -0.15) is 0 Å². The SMILES string of the molecule is O=C(NCCC1Oc2ccccc2NC1=O)NC1CCCCC1. The zero-order chi connectivity index (χ0) is 16.1. The van der Waals surface area contributed by atoms with Gasteiger partial charge in [-0.05, 0) is 25.0 Å². The third-order valence-electron chi connectivity index (χ3n) is 4.34. The van der Waals surface area contributed by atoms with Crippen LogP contribution in [0.2, 0.25) is 0 Å². The van der Waals surface area contributed by atoms with Crippen LogP contribution in [0.25, 0.3) is 0 Å². The lowest BCUT2D eigenvalue weighted by Crippen LogP contribution is -2.45. The second kappa shape index (κ2) is 7.35. The van der Waals surface area contributed by atoms with Gasteiger partial charge in [0.15, 0.2) is 6.10 Å². The monoisotopic (exact) mass is 317 g/mol. The van der Waals surface area contributed by atoms with E-state index < -0.39 is 6.10 Å². The van der Waals surface area contributed by atoms with E-state index in [0.29, 0.717) is 24.4 Å². The summed E-state index contributed by atoms with van der Waals surface area (Å²) in [6.45, 7) is 0.402. The highest BCUT2D eigenvalue weighted by atomic mass is 16.5. The van der Waals surface area contributed by atoms with Crippen molar-refractivity contribution in [3.05, 3.63) is 24.3 Å². The first kappa shape index (κ1) is 15.6. The number of carbonyl (C=O) groups excluding carboxylic acids is 2. The third-order valence-corrected chi connectivity index (χ3v) is 4.34. The molecule has 1 aliphatic heterocycles. The Labute approximate surface area is 136 Å². The van der Waals surface area contributed by atoms with Gasteiger partial charge in [0.2, 0.25) is 0 Å². The molecule has 3 amide bonds. The molecule has 0 saturated heterocycles. The van der Waals surface area contributed by atoms with Crippen LogP contribution in [0.5, 0.6) is 5.75 Å². The van der Waals surface area contributed by atoms with Crippen molar-refractivity contribution in [3.63, 3.8) is 0 Å². The molecule has 1 atom stereocenters. The van der Waals surface area contributed by atoms with Crippen molar-refractivity contribution in [1.29, 1.82) is 0 Å². The molecule has 3 N–H and O–H groups in total. The van der Waals surface area contributed by atoms with Crippen LogP contribution in [0.15, 0.2) is 24.3 Å². The summed E-state index contributed by atoms with van der Waals surface area (Å²) in [6.07, 6.45) is 5.60. The Morgan fingerprint density at radius 2 is 2.00 bits per heavy atom. The molecule has 1 heterocycles. The van der Waals surface area contributed by atoms with Gasteiger partial charge < -0.3 is 20.7 Å². The van der Waals surface area contributed by atoms with Crippen LogP contribution >= 0.6 is 0 Å². The number of hydrogen-bond donors (Lipinski definition) is 3. The van der Waals surface area contributed by atoms with E-state index in [4.69, 9.17) is 4.74 Å². The topological polar surface area (TPSA) is 79.5 Å². The number of urea groups is 1. The number of carbonyl (C=O) groups is 2. The summed E-state index contributed by atoms with van der Waals surface area (Å²) in [5.41, 5.74) is 0.691. The van der Waals surface area contributed by atoms with Crippen molar-refractivity contribution in [2.24, 2.45) is 0 Å². The molecule has 1 unspecified atom stereocenters. The molecular formula is C17H23N3O3. The molecule has 1 saturated carbocycles. The van der Waals surface area contributed by atoms with E-state index in [0.717, 1.165) is 12.8 Å². The van der Waals surface area contributed by atoms with E-state index in [1.807, 2.05) is 18.2 Å². The predicted molar refractivity (Wildman–Crippen MR) is 87.5 cm³/mol. The van der Waals surface area contributed by atoms with Crippen LogP contribution in [0.4, 0.5) is 10.5 Å². The predicted octanol–water partition coefficient (Wildman–Crippen LogP) is 2.41. The molecule has 1 fully saturated rings. The summed E-state index contributed by atoms with van der Waals surface area (Å²) in [5, 5.41) is 8.63. The lowest BCUT2D eigenvalue weighted by Gasteiger charge is -2.26. The third kappa shape index (κ3) is 4.15. The van der Waals surface area contributed by atoms with Gasteiger partial charge in [0.1, 0.15) is 5.75 Å². The maximum atomic E-state index is 12.0. The van der Waals surface area contributed by atoms with E-state index in [9.17, 15) is 9.59 Å². The van der Waals surface area contributed by atoms with Crippen LogP contribution < -0.4 is 20.7 Å². The summed E-state index contributed by atoms with van der Waals surface area (Å²) >= 11 is 0. The fraction of sp³-hybridized carbons (Fsp3) is 0.529. The molecule has 0 radical (unpaired) electrons. The van der Waals surface area contributed by atoms with Crippen molar-refractivity contribution >= 4 is 17.6 Å². The molecule has 124 valence electrons. The summed E-state index contributed by atoms with van der Waals surface area (Å²) in [6, 6.07) is 7.46. The van der Waals surface area contributed by atoms with Crippen molar-refractivity contribution in [2.45, 2.75) is 50.7 Å². The van der Waals surface area contributed by atoms with Gasteiger partial charge >= 0.3 is 6.03 Å². The van der Waals surface area contributed by atoms with Gasteiger partial charge in [-0.3, -0.25) is 4.79 Å². The number of ether oxygens (including phenoxy) is 1. The highest BCUT2D eigenvalue weighted by molar-refractivity contribution is 5.97. The van der Waals surface area contributed by atoms with E-state index in [-0.39, 0.29) is 18.0 Å². The van der Waals surface area contributed by atoms with Gasteiger partial charge in [-0.25, -0.2) is 4.79 Å². The number of para-hydroxylation sites is 2. The second-order valence-corrected chi connectivity index (χ2v) is 6.12. The molecule has 6 nitrogen and oxygen atoms in total. The molecular weight excluding hydrogens is 294 g/mol. The highest BCUT2D eigenvalue weighted by Gasteiger charge is 2.27. The molecule has 0 aromatic heterocycles. The van der Waals surface area contributed by atoms with Crippen molar-refractivity contribution < 1.29 is 14.3 Å². The van der Waals surface area contributed by atoms with E-state index in [1.54, 1.807) is 6.07 Å². The van der Waals surface area contributed by atoms with Crippen LogP contribution in [-0.2, 0) is 4.79 Å². The number of fused-ring (bicyclic) bond motifs is 1. The average molecular weight is 317 g/mol. The first-order valence-corrected chi connectivity index (χ1v) is 8.33. The molecule has 0 bridgehead atoms. The smallest absolute Gasteiger partial charge is 0.315 e. The zero-order valence-electron chi connectivity index (χ0n) is 13.1. The first-order chi connectivity index (χ1) is 11.2. The van der Waals surface area contributed by atoms with E-state index in [1.165, 1.54) is 19.3 Å².